The van der Waals surface area contributed by atoms with Crippen LogP contribution in [-0.2, 0) is 4.79 Å². The Hall–Kier alpha value is -2.48. The Labute approximate surface area is 125 Å². The average molecular weight is 287 g/mol. The van der Waals surface area contributed by atoms with E-state index in [4.69, 9.17) is 10.00 Å². The maximum atomic E-state index is 11.8. The minimum atomic E-state index is -0.371. The van der Waals surface area contributed by atoms with Gasteiger partial charge in [-0.1, -0.05) is 13.8 Å². The number of amides is 1. The van der Waals surface area contributed by atoms with E-state index in [1.165, 1.54) is 6.20 Å². The normalized spacial score (nSPS) is 10.9. The first-order valence-corrected chi connectivity index (χ1v) is 6.94. The molecule has 0 radical (unpaired) electrons. The molecule has 0 spiro atoms. The monoisotopic (exact) mass is 287 g/mol. The summed E-state index contributed by atoms with van der Waals surface area (Å²) in [6.07, 6.45) is 1.41. The van der Waals surface area contributed by atoms with E-state index in [1.807, 2.05) is 51.1 Å². The van der Waals surface area contributed by atoms with Gasteiger partial charge in [0.2, 0.25) is 0 Å². The van der Waals surface area contributed by atoms with E-state index < -0.39 is 0 Å². The van der Waals surface area contributed by atoms with E-state index in [2.05, 4.69) is 10.6 Å². The van der Waals surface area contributed by atoms with Crippen molar-refractivity contribution in [2.24, 2.45) is 5.92 Å². The van der Waals surface area contributed by atoms with E-state index in [0.717, 1.165) is 11.4 Å². The van der Waals surface area contributed by atoms with Crippen LogP contribution in [-0.4, -0.2) is 19.1 Å². The molecule has 1 aromatic rings. The molecular formula is C16H21N3O2. The SMILES string of the molecule is CCOc1ccc(N/C=C(/C#N)C(=O)NCC(C)C)cc1. The highest BCUT2D eigenvalue weighted by molar-refractivity contribution is 5.97. The van der Waals surface area contributed by atoms with Gasteiger partial charge in [-0.15, -0.1) is 0 Å². The minimum Gasteiger partial charge on any atom is -0.494 e. The number of nitrogens with one attached hydrogen (secondary N) is 2. The maximum absolute atomic E-state index is 11.8. The molecule has 0 heterocycles. The van der Waals surface area contributed by atoms with E-state index >= 15 is 0 Å². The van der Waals surface area contributed by atoms with Crippen LogP contribution in [0.25, 0.3) is 0 Å². The van der Waals surface area contributed by atoms with Gasteiger partial charge in [0.25, 0.3) is 5.91 Å². The van der Waals surface area contributed by atoms with Crippen LogP contribution in [0.4, 0.5) is 5.69 Å². The van der Waals surface area contributed by atoms with Crippen LogP contribution in [0.1, 0.15) is 20.8 Å². The van der Waals surface area contributed by atoms with Crippen LogP contribution in [0, 0.1) is 17.2 Å². The zero-order valence-corrected chi connectivity index (χ0v) is 12.6. The summed E-state index contributed by atoms with van der Waals surface area (Å²) in [4.78, 5) is 11.8. The van der Waals surface area contributed by atoms with Crippen LogP contribution in [0.15, 0.2) is 36.0 Å². The summed E-state index contributed by atoms with van der Waals surface area (Å²) in [5.74, 6) is 0.750. The second-order valence-corrected chi connectivity index (χ2v) is 4.88. The standard InChI is InChI=1S/C16H21N3O2/c1-4-21-15-7-5-14(6-8-15)18-11-13(9-17)16(20)19-10-12(2)3/h5-8,11-12,18H,4,10H2,1-3H3,(H,19,20)/b13-11-. The summed E-state index contributed by atoms with van der Waals surface area (Å²) in [7, 11) is 0. The predicted octanol–water partition coefficient (Wildman–Crippen LogP) is 2.68. The number of hydrogen-bond acceptors (Lipinski definition) is 4. The summed E-state index contributed by atoms with van der Waals surface area (Å²) in [5.41, 5.74) is 0.826. The molecule has 0 fully saturated rings. The topological polar surface area (TPSA) is 74.1 Å². The number of nitriles is 1. The molecule has 1 rings (SSSR count). The molecule has 0 aliphatic carbocycles. The van der Waals surface area contributed by atoms with Crippen molar-refractivity contribution in [1.29, 1.82) is 5.26 Å². The summed E-state index contributed by atoms with van der Waals surface area (Å²) in [5, 5.41) is 14.7. The quantitative estimate of drug-likeness (QED) is 0.597. The van der Waals surface area contributed by atoms with Crippen molar-refractivity contribution in [2.75, 3.05) is 18.5 Å². The Kier molecular flexibility index (Phi) is 6.82. The first-order valence-electron chi connectivity index (χ1n) is 6.94. The molecule has 5 nitrogen and oxygen atoms in total. The van der Waals surface area contributed by atoms with Crippen molar-refractivity contribution < 1.29 is 9.53 Å². The van der Waals surface area contributed by atoms with Crippen LogP contribution in [0.5, 0.6) is 5.75 Å². The van der Waals surface area contributed by atoms with Crippen molar-refractivity contribution in [2.45, 2.75) is 20.8 Å². The third-order valence-corrected chi connectivity index (χ3v) is 2.58. The molecule has 0 saturated carbocycles. The number of nitrogens with zero attached hydrogens (tertiary/aromatic N) is 1. The number of carbonyl (C=O) groups is 1. The smallest absolute Gasteiger partial charge is 0.263 e. The van der Waals surface area contributed by atoms with Crippen molar-refractivity contribution >= 4 is 11.6 Å². The zero-order chi connectivity index (χ0) is 15.7. The van der Waals surface area contributed by atoms with Gasteiger partial charge in [0.1, 0.15) is 17.4 Å². The van der Waals surface area contributed by atoms with Crippen molar-refractivity contribution in [3.63, 3.8) is 0 Å². The zero-order valence-electron chi connectivity index (χ0n) is 12.6. The van der Waals surface area contributed by atoms with E-state index in [0.29, 0.717) is 19.1 Å². The van der Waals surface area contributed by atoms with Gasteiger partial charge < -0.3 is 15.4 Å². The molecule has 2 N–H and O–H groups in total. The van der Waals surface area contributed by atoms with Crippen LogP contribution < -0.4 is 15.4 Å². The number of hydrogen-bond donors (Lipinski definition) is 2. The van der Waals surface area contributed by atoms with Gasteiger partial charge in [0.05, 0.1) is 6.61 Å². The Morgan fingerprint density at radius 3 is 2.57 bits per heavy atom. The molecule has 0 saturated heterocycles. The molecule has 0 aromatic heterocycles. The molecule has 112 valence electrons. The number of ether oxygens (including phenoxy) is 1. The van der Waals surface area contributed by atoms with Crippen molar-refractivity contribution in [1.82, 2.24) is 5.32 Å². The van der Waals surface area contributed by atoms with E-state index in [-0.39, 0.29) is 11.5 Å². The first-order chi connectivity index (χ1) is 10.1. The molecule has 0 aliphatic heterocycles. The Morgan fingerprint density at radius 1 is 1.38 bits per heavy atom. The second kappa shape index (κ2) is 8.64. The third-order valence-electron chi connectivity index (χ3n) is 2.58. The van der Waals surface area contributed by atoms with Crippen LogP contribution in [0.2, 0.25) is 0 Å². The van der Waals surface area contributed by atoms with Gasteiger partial charge in [-0.05, 0) is 37.1 Å². The highest BCUT2D eigenvalue weighted by Crippen LogP contribution is 2.15. The fourth-order valence-electron chi connectivity index (χ4n) is 1.51. The number of rotatable bonds is 7. The Bertz CT molecular complexity index is 527. The number of anilines is 1. The average Bonchev–Trinajstić information content (AvgIpc) is 2.47. The minimum absolute atomic E-state index is 0.0459. The fraction of sp³-hybridized carbons (Fsp3) is 0.375. The molecule has 0 bridgehead atoms. The van der Waals surface area contributed by atoms with Gasteiger partial charge >= 0.3 is 0 Å². The van der Waals surface area contributed by atoms with E-state index in [1.54, 1.807) is 0 Å². The van der Waals surface area contributed by atoms with Gasteiger partial charge in [0.15, 0.2) is 0 Å². The van der Waals surface area contributed by atoms with Gasteiger partial charge in [-0.3, -0.25) is 4.79 Å². The highest BCUT2D eigenvalue weighted by atomic mass is 16.5. The summed E-state index contributed by atoms with van der Waals surface area (Å²) < 4.78 is 5.34. The molecule has 5 heteroatoms. The summed E-state index contributed by atoms with van der Waals surface area (Å²) in [6.45, 7) is 7.06. The first kappa shape index (κ1) is 16.6. The lowest BCUT2D eigenvalue weighted by Gasteiger charge is -2.07. The molecule has 1 amide bonds. The fourth-order valence-corrected chi connectivity index (χ4v) is 1.51. The molecule has 0 aliphatic rings. The molecule has 21 heavy (non-hydrogen) atoms. The molecular weight excluding hydrogens is 266 g/mol. The largest absolute Gasteiger partial charge is 0.494 e. The van der Waals surface area contributed by atoms with Crippen molar-refractivity contribution in [3.05, 3.63) is 36.0 Å². The van der Waals surface area contributed by atoms with Gasteiger partial charge in [-0.2, -0.15) is 5.26 Å². The molecule has 0 atom stereocenters. The lowest BCUT2D eigenvalue weighted by molar-refractivity contribution is -0.117. The Morgan fingerprint density at radius 2 is 2.05 bits per heavy atom. The summed E-state index contributed by atoms with van der Waals surface area (Å²) in [6, 6.07) is 9.18. The maximum Gasteiger partial charge on any atom is 0.263 e. The highest BCUT2D eigenvalue weighted by Gasteiger charge is 2.08. The van der Waals surface area contributed by atoms with Crippen molar-refractivity contribution in [3.8, 4) is 11.8 Å². The van der Waals surface area contributed by atoms with Crippen LogP contribution >= 0.6 is 0 Å². The van der Waals surface area contributed by atoms with Crippen LogP contribution in [0.3, 0.4) is 0 Å². The number of carbonyl (C=O) groups excluding carboxylic acids is 1. The molecule has 1 aromatic carbocycles. The Balaban J connectivity index is 2.63. The number of benzene rings is 1. The van der Waals surface area contributed by atoms with E-state index in [9.17, 15) is 4.79 Å². The van der Waals surface area contributed by atoms with Gasteiger partial charge in [-0.25, -0.2) is 0 Å². The second-order valence-electron chi connectivity index (χ2n) is 4.88. The molecule has 0 unspecified atom stereocenters. The lowest BCUT2D eigenvalue weighted by Crippen LogP contribution is -2.28. The predicted molar refractivity (Wildman–Crippen MR) is 82.8 cm³/mol. The summed E-state index contributed by atoms with van der Waals surface area (Å²) >= 11 is 0. The lowest BCUT2D eigenvalue weighted by atomic mass is 10.2. The van der Waals surface area contributed by atoms with Gasteiger partial charge in [0, 0.05) is 18.4 Å². The third kappa shape index (κ3) is 6.00.